The standard InChI is InChI=1S/C14H13N3O2/c1-19-9-3-5-11-12(7-9)17-14(16-11)10-4-2-8(15)6-13(10)18/h2-7,18H,15H2,1H3,(H,16,17). The number of aromatic amines is 1. The molecule has 5 heteroatoms. The summed E-state index contributed by atoms with van der Waals surface area (Å²) in [5.74, 6) is 1.45. The van der Waals surface area contributed by atoms with Crippen LogP contribution < -0.4 is 10.5 Å². The summed E-state index contributed by atoms with van der Waals surface area (Å²) in [5.41, 5.74) is 8.40. The van der Waals surface area contributed by atoms with Crippen molar-refractivity contribution in [1.29, 1.82) is 0 Å². The number of methoxy groups -OCH3 is 1. The second-order valence-electron chi connectivity index (χ2n) is 4.25. The smallest absolute Gasteiger partial charge is 0.142 e. The lowest BCUT2D eigenvalue weighted by atomic mass is 10.2. The number of fused-ring (bicyclic) bond motifs is 1. The summed E-state index contributed by atoms with van der Waals surface area (Å²) in [7, 11) is 1.62. The first kappa shape index (κ1) is 11.4. The Balaban J connectivity index is 2.14. The fourth-order valence-corrected chi connectivity index (χ4v) is 1.99. The Morgan fingerprint density at radius 2 is 2.05 bits per heavy atom. The molecule has 0 aliphatic rings. The van der Waals surface area contributed by atoms with Crippen molar-refractivity contribution >= 4 is 16.7 Å². The molecular formula is C14H13N3O2. The van der Waals surface area contributed by atoms with Gasteiger partial charge in [-0.25, -0.2) is 4.98 Å². The molecule has 4 N–H and O–H groups in total. The Morgan fingerprint density at radius 3 is 2.79 bits per heavy atom. The van der Waals surface area contributed by atoms with Crippen molar-refractivity contribution in [2.24, 2.45) is 0 Å². The average Bonchev–Trinajstić information content (AvgIpc) is 2.80. The highest BCUT2D eigenvalue weighted by Crippen LogP contribution is 2.30. The molecule has 0 unspecified atom stereocenters. The van der Waals surface area contributed by atoms with Crippen molar-refractivity contribution < 1.29 is 9.84 Å². The van der Waals surface area contributed by atoms with Crippen LogP contribution >= 0.6 is 0 Å². The van der Waals surface area contributed by atoms with Crippen LogP contribution in [0.2, 0.25) is 0 Å². The van der Waals surface area contributed by atoms with Crippen molar-refractivity contribution in [2.45, 2.75) is 0 Å². The molecule has 0 aliphatic heterocycles. The van der Waals surface area contributed by atoms with Crippen molar-refractivity contribution in [1.82, 2.24) is 9.97 Å². The van der Waals surface area contributed by atoms with Crippen LogP contribution in [0.5, 0.6) is 11.5 Å². The summed E-state index contributed by atoms with van der Waals surface area (Å²) in [6.45, 7) is 0. The molecule has 3 rings (SSSR count). The van der Waals surface area contributed by atoms with Gasteiger partial charge in [-0.1, -0.05) is 0 Å². The van der Waals surface area contributed by atoms with Crippen LogP contribution in [0, 0.1) is 0 Å². The van der Waals surface area contributed by atoms with E-state index in [0.717, 1.165) is 16.8 Å². The zero-order chi connectivity index (χ0) is 13.4. The van der Waals surface area contributed by atoms with Crippen LogP contribution in [0.4, 0.5) is 5.69 Å². The zero-order valence-corrected chi connectivity index (χ0v) is 10.3. The summed E-state index contributed by atoms with van der Waals surface area (Å²) >= 11 is 0. The lowest BCUT2D eigenvalue weighted by molar-refractivity contribution is 0.415. The molecule has 0 aliphatic carbocycles. The van der Waals surface area contributed by atoms with Gasteiger partial charge in [0.05, 0.1) is 23.7 Å². The zero-order valence-electron chi connectivity index (χ0n) is 10.3. The molecule has 19 heavy (non-hydrogen) atoms. The monoisotopic (exact) mass is 255 g/mol. The Labute approximate surface area is 109 Å². The van der Waals surface area contributed by atoms with Gasteiger partial charge < -0.3 is 20.6 Å². The largest absolute Gasteiger partial charge is 0.507 e. The number of aromatic nitrogens is 2. The molecule has 0 atom stereocenters. The highest BCUT2D eigenvalue weighted by atomic mass is 16.5. The molecule has 3 aromatic rings. The third-order valence-electron chi connectivity index (χ3n) is 2.97. The minimum absolute atomic E-state index is 0.103. The number of phenols is 1. The van der Waals surface area contributed by atoms with Crippen molar-refractivity contribution in [2.75, 3.05) is 12.8 Å². The van der Waals surface area contributed by atoms with E-state index >= 15 is 0 Å². The summed E-state index contributed by atoms with van der Waals surface area (Å²) < 4.78 is 5.16. The van der Waals surface area contributed by atoms with Gasteiger partial charge in [0.15, 0.2) is 0 Å². The van der Waals surface area contributed by atoms with Gasteiger partial charge in [0, 0.05) is 17.8 Å². The molecule has 96 valence electrons. The van der Waals surface area contributed by atoms with Gasteiger partial charge in [-0.3, -0.25) is 0 Å². The van der Waals surface area contributed by atoms with E-state index in [9.17, 15) is 5.11 Å². The number of aromatic hydroxyl groups is 1. The molecule has 0 radical (unpaired) electrons. The van der Waals surface area contributed by atoms with E-state index in [4.69, 9.17) is 10.5 Å². The number of phenolic OH excluding ortho intramolecular Hbond substituents is 1. The van der Waals surface area contributed by atoms with E-state index < -0.39 is 0 Å². The van der Waals surface area contributed by atoms with Crippen LogP contribution in [-0.2, 0) is 0 Å². The first-order valence-electron chi connectivity index (χ1n) is 5.80. The average molecular weight is 255 g/mol. The number of benzene rings is 2. The number of nitrogens with two attached hydrogens (primary N) is 1. The quantitative estimate of drug-likeness (QED) is 0.614. The molecule has 5 nitrogen and oxygen atoms in total. The Bertz CT molecular complexity index is 750. The number of ether oxygens (including phenoxy) is 1. The maximum absolute atomic E-state index is 9.91. The minimum Gasteiger partial charge on any atom is -0.507 e. The Hall–Kier alpha value is -2.69. The molecule has 0 saturated carbocycles. The number of anilines is 1. The van der Waals surface area contributed by atoms with Crippen LogP contribution in [0.3, 0.4) is 0 Å². The first-order valence-corrected chi connectivity index (χ1v) is 5.80. The number of H-pyrrole nitrogens is 1. The molecule has 0 saturated heterocycles. The first-order chi connectivity index (χ1) is 9.17. The van der Waals surface area contributed by atoms with E-state index in [0.29, 0.717) is 17.1 Å². The molecule has 1 heterocycles. The molecule has 0 amide bonds. The van der Waals surface area contributed by atoms with Gasteiger partial charge in [-0.05, 0) is 24.3 Å². The third-order valence-corrected chi connectivity index (χ3v) is 2.97. The van der Waals surface area contributed by atoms with E-state index in [2.05, 4.69) is 9.97 Å². The third kappa shape index (κ3) is 1.95. The number of hydrogen-bond acceptors (Lipinski definition) is 4. The number of hydrogen-bond donors (Lipinski definition) is 3. The normalized spacial score (nSPS) is 10.8. The van der Waals surface area contributed by atoms with Crippen molar-refractivity contribution in [3.05, 3.63) is 36.4 Å². The van der Waals surface area contributed by atoms with Crippen molar-refractivity contribution in [3.8, 4) is 22.9 Å². The fourth-order valence-electron chi connectivity index (χ4n) is 1.99. The maximum atomic E-state index is 9.91. The van der Waals surface area contributed by atoms with Gasteiger partial charge in [0.2, 0.25) is 0 Å². The minimum atomic E-state index is 0.103. The number of nitrogens with zero attached hydrogens (tertiary/aromatic N) is 1. The maximum Gasteiger partial charge on any atom is 0.142 e. The number of nitrogen functional groups attached to an aromatic ring is 1. The van der Waals surface area contributed by atoms with Crippen LogP contribution in [-0.4, -0.2) is 22.2 Å². The predicted molar refractivity (Wildman–Crippen MR) is 74.2 cm³/mol. The van der Waals surface area contributed by atoms with Crippen LogP contribution in [0.15, 0.2) is 36.4 Å². The van der Waals surface area contributed by atoms with Crippen molar-refractivity contribution in [3.63, 3.8) is 0 Å². The molecule has 0 spiro atoms. The summed E-state index contributed by atoms with van der Waals surface area (Å²) in [6.07, 6.45) is 0. The van der Waals surface area contributed by atoms with Crippen LogP contribution in [0.1, 0.15) is 0 Å². The lowest BCUT2D eigenvalue weighted by Gasteiger charge is -2.01. The summed E-state index contributed by atoms with van der Waals surface area (Å²) in [5, 5.41) is 9.91. The van der Waals surface area contributed by atoms with Crippen LogP contribution in [0.25, 0.3) is 22.4 Å². The molecule has 1 aromatic heterocycles. The van der Waals surface area contributed by atoms with E-state index in [1.165, 1.54) is 6.07 Å². The molecule has 0 fully saturated rings. The number of rotatable bonds is 2. The molecule has 0 bridgehead atoms. The summed E-state index contributed by atoms with van der Waals surface area (Å²) in [4.78, 5) is 7.59. The van der Waals surface area contributed by atoms with Gasteiger partial charge in [-0.15, -0.1) is 0 Å². The number of imidazole rings is 1. The SMILES string of the molecule is COc1ccc2nc(-c3ccc(N)cc3O)[nH]c2c1. The van der Waals surface area contributed by atoms with Gasteiger partial charge >= 0.3 is 0 Å². The Morgan fingerprint density at radius 1 is 1.21 bits per heavy atom. The Kier molecular flexibility index (Phi) is 2.52. The van der Waals surface area contributed by atoms with E-state index in [1.807, 2.05) is 18.2 Å². The molecule has 2 aromatic carbocycles. The fraction of sp³-hybridized carbons (Fsp3) is 0.0714. The van der Waals surface area contributed by atoms with Gasteiger partial charge in [-0.2, -0.15) is 0 Å². The second kappa shape index (κ2) is 4.20. The highest BCUT2D eigenvalue weighted by molar-refractivity contribution is 5.82. The molecular weight excluding hydrogens is 242 g/mol. The predicted octanol–water partition coefficient (Wildman–Crippen LogP) is 2.53. The lowest BCUT2D eigenvalue weighted by Crippen LogP contribution is -1.86. The second-order valence-corrected chi connectivity index (χ2v) is 4.25. The summed E-state index contributed by atoms with van der Waals surface area (Å²) in [6, 6.07) is 10.5. The number of nitrogens with one attached hydrogen (secondary N) is 1. The van der Waals surface area contributed by atoms with E-state index in [1.54, 1.807) is 19.2 Å². The van der Waals surface area contributed by atoms with Gasteiger partial charge in [0.1, 0.15) is 17.3 Å². The highest BCUT2D eigenvalue weighted by Gasteiger charge is 2.10. The van der Waals surface area contributed by atoms with E-state index in [-0.39, 0.29) is 5.75 Å². The van der Waals surface area contributed by atoms with Gasteiger partial charge in [0.25, 0.3) is 0 Å². The topological polar surface area (TPSA) is 84.2 Å².